The van der Waals surface area contributed by atoms with Gasteiger partial charge in [0, 0.05) is 29.8 Å². The summed E-state index contributed by atoms with van der Waals surface area (Å²) in [5.74, 6) is 0. The van der Waals surface area contributed by atoms with Gasteiger partial charge in [-0.3, -0.25) is 0 Å². The number of hydrogen-bond acceptors (Lipinski definition) is 2. The Kier molecular flexibility index (Phi) is 7.76. The Balaban J connectivity index is -0.000000125. The molecule has 0 aliphatic heterocycles. The third-order valence-electron chi connectivity index (χ3n) is 0.0899. The Hall–Kier alpha value is 1.83. The van der Waals surface area contributed by atoms with Crippen LogP contribution in [0.4, 0.5) is 0 Å². The molecule has 0 saturated carbocycles. The molecule has 0 saturated heterocycles. The Labute approximate surface area is 70.8 Å². The van der Waals surface area contributed by atoms with Crippen LogP contribution in [0.1, 0.15) is 1.43 Å². The maximum Gasteiger partial charge on any atom is 1.00 e. The van der Waals surface area contributed by atoms with Crippen molar-refractivity contribution in [3.05, 3.63) is 0 Å². The smallest absolute Gasteiger partial charge is 1.00 e. The molecule has 0 rings (SSSR count). The van der Waals surface area contributed by atoms with Crippen LogP contribution in [0.15, 0.2) is 0 Å². The zero-order chi connectivity index (χ0) is 5.21. The van der Waals surface area contributed by atoms with Crippen molar-refractivity contribution < 1.29 is 34.6 Å². The van der Waals surface area contributed by atoms with E-state index in [0.717, 1.165) is 0 Å². The van der Waals surface area contributed by atoms with Gasteiger partial charge in [0.1, 0.15) is 0 Å². The third-order valence-corrected chi connectivity index (χ3v) is 5.43. The minimum atomic E-state index is -3.74. The molecule has 0 aliphatic rings. The second-order valence-electron chi connectivity index (χ2n) is 0.560. The van der Waals surface area contributed by atoms with Gasteiger partial charge in [-0.15, -0.1) is 0 Å². The Bertz CT molecular complexity index is 83.4. The van der Waals surface area contributed by atoms with Crippen molar-refractivity contribution in [2.45, 2.75) is 0 Å². The molecule has 0 aromatic rings. The molecule has 0 bridgehead atoms. The fourth-order valence-corrected chi connectivity index (χ4v) is 0. The van der Waals surface area contributed by atoms with Crippen molar-refractivity contribution in [1.82, 2.24) is 0 Å². The minimum absolute atomic E-state index is 0. The summed E-state index contributed by atoms with van der Waals surface area (Å²) in [6.07, 6.45) is 0. The molecule has 2 N–H and O–H groups in total. The van der Waals surface area contributed by atoms with Crippen molar-refractivity contribution in [3.8, 4) is 0 Å². The molecule has 0 atom stereocenters. The molecule has 0 aromatic heterocycles. The average molecular weight is 248 g/mol. The summed E-state index contributed by atoms with van der Waals surface area (Å²) in [4.78, 5) is 15.8. The standard InChI is InChI=1S/H2IO3PS.Li.H/c1-6-5(2,3)4;;/h(H2,2,3,4);;/q;+1;-1. The SMILES string of the molecule is O=P(O)(O)SI.[H-].[Li+]. The monoisotopic (exact) mass is 248 g/mol. The van der Waals surface area contributed by atoms with Crippen LogP contribution in [0.25, 0.3) is 0 Å². The molecule has 40 valence electrons. The van der Waals surface area contributed by atoms with Gasteiger partial charge >= 0.3 is 25.7 Å². The van der Waals surface area contributed by atoms with Crippen LogP contribution in [0, 0.1) is 0 Å². The van der Waals surface area contributed by atoms with Gasteiger partial charge in [-0.05, 0) is 0 Å². The molecule has 0 heterocycles. The normalized spacial score (nSPS) is 10.1. The maximum absolute atomic E-state index is 9.65. The molecule has 0 unspecified atom stereocenters. The molecular formula is H3ILiO3PS. The quantitative estimate of drug-likeness (QED) is 0.329. The Morgan fingerprint density at radius 2 is 1.86 bits per heavy atom. The number of halogens is 1. The van der Waals surface area contributed by atoms with Crippen molar-refractivity contribution in [3.63, 3.8) is 0 Å². The summed E-state index contributed by atoms with van der Waals surface area (Å²) in [6, 6.07) is 0. The summed E-state index contributed by atoms with van der Waals surface area (Å²) in [6.45, 7) is -3.74. The predicted molar refractivity (Wildman–Crippen MR) is 34.8 cm³/mol. The first-order valence-electron chi connectivity index (χ1n) is 0.919. The minimum Gasteiger partial charge on any atom is -1.00 e. The molecule has 7 heteroatoms. The average Bonchev–Trinajstić information content (AvgIpc) is 1.35. The molecule has 0 aliphatic carbocycles. The van der Waals surface area contributed by atoms with Crippen molar-refractivity contribution in [2.24, 2.45) is 0 Å². The van der Waals surface area contributed by atoms with E-state index in [1.54, 1.807) is 21.2 Å². The summed E-state index contributed by atoms with van der Waals surface area (Å²) in [5.41, 5.74) is 0. The van der Waals surface area contributed by atoms with E-state index in [1.807, 2.05) is 0 Å². The van der Waals surface area contributed by atoms with Gasteiger partial charge in [-0.2, -0.15) is 0 Å². The fourth-order valence-electron chi connectivity index (χ4n) is 0. The van der Waals surface area contributed by atoms with Gasteiger partial charge in [0.05, 0.1) is 0 Å². The van der Waals surface area contributed by atoms with E-state index in [0.29, 0.717) is 8.55 Å². The Morgan fingerprint density at radius 3 is 1.86 bits per heavy atom. The largest absolute Gasteiger partial charge is 1.00 e. The molecule has 7 heavy (non-hydrogen) atoms. The van der Waals surface area contributed by atoms with E-state index >= 15 is 0 Å². The van der Waals surface area contributed by atoms with Gasteiger partial charge in [0.2, 0.25) is 0 Å². The van der Waals surface area contributed by atoms with Crippen molar-refractivity contribution >= 4 is 36.6 Å². The predicted octanol–water partition coefficient (Wildman–Crippen LogP) is -1.72. The molecule has 0 aromatic carbocycles. The number of rotatable bonds is 1. The first kappa shape index (κ1) is 11.6. The maximum atomic E-state index is 9.65. The molecule has 3 nitrogen and oxygen atoms in total. The summed E-state index contributed by atoms with van der Waals surface area (Å²) < 4.78 is 9.65. The molecule has 0 radical (unpaired) electrons. The van der Waals surface area contributed by atoms with Crippen molar-refractivity contribution in [2.75, 3.05) is 0 Å². The van der Waals surface area contributed by atoms with Crippen LogP contribution >= 0.6 is 36.6 Å². The first-order valence-corrected chi connectivity index (χ1v) is 6.50. The topological polar surface area (TPSA) is 57.5 Å². The molecule has 0 fully saturated rings. The van der Waals surface area contributed by atoms with Crippen molar-refractivity contribution in [1.29, 1.82) is 0 Å². The van der Waals surface area contributed by atoms with E-state index in [9.17, 15) is 4.57 Å². The molecular weight excluding hydrogens is 245 g/mol. The van der Waals surface area contributed by atoms with Gasteiger partial charge < -0.3 is 11.2 Å². The van der Waals surface area contributed by atoms with E-state index in [-0.39, 0.29) is 20.3 Å². The van der Waals surface area contributed by atoms with Gasteiger partial charge in [-0.25, -0.2) is 4.57 Å². The van der Waals surface area contributed by atoms with Crippen LogP contribution in [-0.4, -0.2) is 9.79 Å². The zero-order valence-corrected chi connectivity index (χ0v) is 7.40. The van der Waals surface area contributed by atoms with Gasteiger partial charge in [0.15, 0.2) is 0 Å². The van der Waals surface area contributed by atoms with Crippen LogP contribution < -0.4 is 18.9 Å². The summed E-state index contributed by atoms with van der Waals surface area (Å²) in [5, 5.41) is 0. The molecule has 0 amide bonds. The Morgan fingerprint density at radius 1 is 1.71 bits per heavy atom. The second kappa shape index (κ2) is 4.68. The number of hydrogen-bond donors (Lipinski definition) is 2. The zero-order valence-electron chi connectivity index (χ0n) is 4.54. The van der Waals surface area contributed by atoms with Crippen LogP contribution in [0.2, 0.25) is 0 Å². The first-order chi connectivity index (χ1) is 2.56. The van der Waals surface area contributed by atoms with E-state index in [1.165, 1.54) is 0 Å². The third kappa shape index (κ3) is 11.4. The summed E-state index contributed by atoms with van der Waals surface area (Å²) >= 11 is 1.55. The van der Waals surface area contributed by atoms with E-state index in [2.05, 4.69) is 0 Å². The van der Waals surface area contributed by atoms with Crippen LogP contribution in [0.5, 0.6) is 0 Å². The van der Waals surface area contributed by atoms with Crippen LogP contribution in [-0.2, 0) is 4.57 Å². The van der Waals surface area contributed by atoms with E-state index in [4.69, 9.17) is 9.79 Å². The molecule has 0 spiro atoms. The fraction of sp³-hybridized carbons (Fsp3) is 0. The van der Waals surface area contributed by atoms with Gasteiger partial charge in [0.25, 0.3) is 0 Å². The summed E-state index contributed by atoms with van der Waals surface area (Å²) in [7, 11) is 0.519. The van der Waals surface area contributed by atoms with Crippen LogP contribution in [0.3, 0.4) is 0 Å². The second-order valence-corrected chi connectivity index (χ2v) is 7.06. The van der Waals surface area contributed by atoms with Gasteiger partial charge in [-0.1, -0.05) is 0 Å². The van der Waals surface area contributed by atoms with E-state index < -0.39 is 6.80 Å².